The number of hydrogen-bond acceptors (Lipinski definition) is 4. The Hall–Kier alpha value is -1.44. The normalized spacial score (nSPS) is 26.6. The summed E-state index contributed by atoms with van der Waals surface area (Å²) in [6.07, 6.45) is -20.7. The first-order valence-electron chi connectivity index (χ1n) is 9.09. The molecule has 1 atom stereocenters. The summed E-state index contributed by atoms with van der Waals surface area (Å²) in [7, 11) is 0. The molecule has 3 rings (SSSR count). The zero-order chi connectivity index (χ0) is 23.2. The molecular weight excluding hydrogens is 470 g/mol. The highest BCUT2D eigenvalue weighted by molar-refractivity contribution is 8.05. The molecular formula is C17H16F10N2OS. The maximum absolute atomic E-state index is 14.0. The van der Waals surface area contributed by atoms with Gasteiger partial charge < -0.3 is 9.64 Å². The van der Waals surface area contributed by atoms with Crippen LogP contribution in [0.4, 0.5) is 43.9 Å². The van der Waals surface area contributed by atoms with Gasteiger partial charge in [0.25, 0.3) is 4.75 Å². The number of aliphatic imine (C=N–C) groups is 1. The molecule has 3 aliphatic rings. The third-order valence-corrected chi connectivity index (χ3v) is 6.56. The number of morpholine rings is 1. The van der Waals surface area contributed by atoms with Crippen molar-refractivity contribution >= 4 is 17.5 Å². The second kappa shape index (κ2) is 8.16. The van der Waals surface area contributed by atoms with E-state index in [1.54, 1.807) is 11.0 Å². The van der Waals surface area contributed by atoms with E-state index < -0.39 is 52.0 Å². The third-order valence-electron chi connectivity index (χ3n) is 5.05. The molecule has 0 spiro atoms. The summed E-state index contributed by atoms with van der Waals surface area (Å²) in [5.41, 5.74) is -2.40. The molecule has 176 valence electrons. The average Bonchev–Trinajstić information content (AvgIpc) is 3.09. The number of halogens is 10. The highest BCUT2D eigenvalue weighted by Gasteiger charge is 2.79. The monoisotopic (exact) mass is 486 g/mol. The Morgan fingerprint density at radius 3 is 2.10 bits per heavy atom. The first-order valence-corrected chi connectivity index (χ1v) is 9.90. The van der Waals surface area contributed by atoms with Gasteiger partial charge in [0.05, 0.1) is 18.9 Å². The molecule has 1 saturated heterocycles. The van der Waals surface area contributed by atoms with Crippen LogP contribution >= 0.6 is 11.8 Å². The molecule has 0 saturated carbocycles. The van der Waals surface area contributed by atoms with Gasteiger partial charge in [0.15, 0.2) is 0 Å². The van der Waals surface area contributed by atoms with Crippen molar-refractivity contribution in [3.8, 4) is 0 Å². The summed E-state index contributed by atoms with van der Waals surface area (Å²) in [4.78, 5) is 4.70. The zero-order valence-corrected chi connectivity index (χ0v) is 16.4. The molecule has 0 N–H and O–H groups in total. The van der Waals surface area contributed by atoms with Crippen LogP contribution in [0, 0.1) is 0 Å². The molecule has 1 fully saturated rings. The minimum absolute atomic E-state index is 0.00291. The van der Waals surface area contributed by atoms with Crippen LogP contribution in [0.15, 0.2) is 27.4 Å². The van der Waals surface area contributed by atoms with E-state index in [0.29, 0.717) is 31.6 Å². The van der Waals surface area contributed by atoms with Crippen molar-refractivity contribution in [1.82, 2.24) is 4.90 Å². The molecule has 0 aromatic rings. The van der Waals surface area contributed by atoms with E-state index in [0.717, 1.165) is 0 Å². The Kier molecular flexibility index (Phi) is 6.37. The second-order valence-corrected chi connectivity index (χ2v) is 8.25. The summed E-state index contributed by atoms with van der Waals surface area (Å²) < 4.78 is 135. The third kappa shape index (κ3) is 4.29. The molecule has 1 aliphatic carbocycles. The topological polar surface area (TPSA) is 24.8 Å². The van der Waals surface area contributed by atoms with Gasteiger partial charge in [-0.1, -0.05) is 17.8 Å². The van der Waals surface area contributed by atoms with Crippen molar-refractivity contribution in [3.05, 3.63) is 22.4 Å². The van der Waals surface area contributed by atoms with Crippen molar-refractivity contribution in [2.24, 2.45) is 4.99 Å². The van der Waals surface area contributed by atoms with Crippen LogP contribution in [0.5, 0.6) is 0 Å². The Morgan fingerprint density at radius 1 is 1.00 bits per heavy atom. The smallest absolute Gasteiger partial charge is 0.378 e. The standard InChI is InChI=1S/C17H16F10N2OS/c18-11(15(19,20)21)12-14(16(22,23)24,17(25,26)27)31-13(28-12)9-3-1-2-4-10(9)29-5-7-30-8-6-29/h4,11H,1-3,5-8H2/b13-9-. The Balaban J connectivity index is 2.19. The number of rotatable bonds is 2. The lowest BCUT2D eigenvalue weighted by Crippen LogP contribution is -2.62. The average molecular weight is 486 g/mol. The highest BCUT2D eigenvalue weighted by Crippen LogP contribution is 2.61. The molecule has 0 bridgehead atoms. The van der Waals surface area contributed by atoms with Gasteiger partial charge in [-0.15, -0.1) is 0 Å². The summed E-state index contributed by atoms with van der Waals surface area (Å²) in [6, 6.07) is 0. The maximum atomic E-state index is 14.0. The largest absolute Gasteiger partial charge is 0.425 e. The molecule has 2 aliphatic heterocycles. The van der Waals surface area contributed by atoms with Crippen LogP contribution < -0.4 is 0 Å². The number of alkyl halides is 10. The molecule has 0 aromatic heterocycles. The second-order valence-electron chi connectivity index (χ2n) is 7.04. The van der Waals surface area contributed by atoms with Gasteiger partial charge in [-0.3, -0.25) is 0 Å². The van der Waals surface area contributed by atoms with Crippen molar-refractivity contribution in [2.75, 3.05) is 26.3 Å². The predicted molar refractivity (Wildman–Crippen MR) is 92.2 cm³/mol. The van der Waals surface area contributed by atoms with Gasteiger partial charge >= 0.3 is 18.5 Å². The van der Waals surface area contributed by atoms with E-state index in [-0.39, 0.29) is 25.2 Å². The predicted octanol–water partition coefficient (Wildman–Crippen LogP) is 5.55. The van der Waals surface area contributed by atoms with E-state index >= 15 is 0 Å². The van der Waals surface area contributed by atoms with E-state index in [4.69, 9.17) is 4.74 Å². The van der Waals surface area contributed by atoms with Crippen molar-refractivity contribution in [1.29, 1.82) is 0 Å². The van der Waals surface area contributed by atoms with Crippen molar-refractivity contribution in [2.45, 2.75) is 48.7 Å². The minimum Gasteiger partial charge on any atom is -0.378 e. The maximum Gasteiger partial charge on any atom is 0.425 e. The van der Waals surface area contributed by atoms with Gasteiger partial charge in [0.1, 0.15) is 5.03 Å². The lowest BCUT2D eigenvalue weighted by molar-refractivity contribution is -0.246. The summed E-state index contributed by atoms with van der Waals surface area (Å²) in [5.74, 6) is 0. The lowest BCUT2D eigenvalue weighted by atomic mass is 9.95. The summed E-state index contributed by atoms with van der Waals surface area (Å²) in [5, 5.41) is -0.894. The van der Waals surface area contributed by atoms with Crippen molar-refractivity contribution in [3.63, 3.8) is 0 Å². The Labute approximate surface area is 174 Å². The van der Waals surface area contributed by atoms with Crippen LogP contribution in [0.1, 0.15) is 19.3 Å². The molecule has 31 heavy (non-hydrogen) atoms. The first kappa shape index (κ1) is 24.2. The number of allylic oxidation sites excluding steroid dienone is 2. The van der Waals surface area contributed by atoms with E-state index in [2.05, 4.69) is 4.99 Å². The van der Waals surface area contributed by atoms with Gasteiger partial charge in [-0.25, -0.2) is 9.38 Å². The van der Waals surface area contributed by atoms with Crippen LogP contribution in [-0.2, 0) is 4.74 Å². The van der Waals surface area contributed by atoms with Crippen LogP contribution in [0.3, 0.4) is 0 Å². The fourth-order valence-electron chi connectivity index (χ4n) is 3.60. The van der Waals surface area contributed by atoms with Gasteiger partial charge in [0, 0.05) is 24.4 Å². The van der Waals surface area contributed by atoms with Gasteiger partial charge in [-0.2, -0.15) is 39.5 Å². The lowest BCUT2D eigenvalue weighted by Gasteiger charge is -2.36. The highest BCUT2D eigenvalue weighted by atomic mass is 32.2. The van der Waals surface area contributed by atoms with Crippen LogP contribution in [0.2, 0.25) is 0 Å². The fraction of sp³-hybridized carbons (Fsp3) is 0.706. The number of nitrogens with zero attached hydrogens (tertiary/aromatic N) is 2. The minimum atomic E-state index is -6.27. The molecule has 2 heterocycles. The zero-order valence-electron chi connectivity index (χ0n) is 15.6. The summed E-state index contributed by atoms with van der Waals surface area (Å²) >= 11 is -0.914. The Morgan fingerprint density at radius 2 is 1.58 bits per heavy atom. The Bertz CT molecular complexity index is 776. The van der Waals surface area contributed by atoms with Crippen LogP contribution in [-0.4, -0.2) is 66.4 Å². The number of hydrogen-bond donors (Lipinski definition) is 0. The van der Waals surface area contributed by atoms with Crippen molar-refractivity contribution < 1.29 is 48.6 Å². The SMILES string of the molecule is FC(C1=N/C(=C2\CCCC=C2N2CCOCC2)SC1(C(F)(F)F)C(F)(F)F)C(F)(F)F. The first-order chi connectivity index (χ1) is 14.2. The van der Waals surface area contributed by atoms with Crippen LogP contribution in [0.25, 0.3) is 0 Å². The molecule has 14 heteroatoms. The van der Waals surface area contributed by atoms with E-state index in [1.807, 2.05) is 0 Å². The summed E-state index contributed by atoms with van der Waals surface area (Å²) in [6.45, 7) is 1.11. The number of thioether (sulfide) groups is 1. The quantitative estimate of drug-likeness (QED) is 0.479. The molecule has 3 nitrogen and oxygen atoms in total. The molecule has 0 radical (unpaired) electrons. The van der Waals surface area contributed by atoms with Gasteiger partial charge in [-0.05, 0) is 19.3 Å². The molecule has 1 unspecified atom stereocenters. The fourth-order valence-corrected chi connectivity index (χ4v) is 4.85. The van der Waals surface area contributed by atoms with E-state index in [9.17, 15) is 43.9 Å². The molecule has 0 amide bonds. The number of ether oxygens (including phenoxy) is 1. The van der Waals surface area contributed by atoms with E-state index in [1.165, 1.54) is 0 Å². The molecule has 0 aromatic carbocycles. The van der Waals surface area contributed by atoms with Gasteiger partial charge in [0.2, 0.25) is 6.17 Å².